The van der Waals surface area contributed by atoms with Crippen molar-refractivity contribution in [2.75, 3.05) is 11.9 Å². The highest BCUT2D eigenvalue weighted by atomic mass is 16.5. The van der Waals surface area contributed by atoms with Gasteiger partial charge in [0.2, 0.25) is 0 Å². The van der Waals surface area contributed by atoms with E-state index in [1.807, 2.05) is 0 Å². The van der Waals surface area contributed by atoms with Gasteiger partial charge in [0.15, 0.2) is 6.61 Å². The Bertz CT molecular complexity index is 713. The largest absolute Gasteiger partial charge is 0.456 e. The Morgan fingerprint density at radius 2 is 1.87 bits per heavy atom. The lowest BCUT2D eigenvalue weighted by atomic mass is 10.1. The molecule has 0 saturated heterocycles. The Labute approximate surface area is 133 Å². The molecule has 0 bridgehead atoms. The van der Waals surface area contributed by atoms with Crippen LogP contribution in [0.1, 0.15) is 32.1 Å². The van der Waals surface area contributed by atoms with Gasteiger partial charge in [0.05, 0.1) is 0 Å². The number of nitrogens with zero attached hydrogens (tertiary/aromatic N) is 2. The molecule has 0 aliphatic heterocycles. The van der Waals surface area contributed by atoms with Crippen LogP contribution in [0.25, 0.3) is 0 Å². The zero-order valence-corrected chi connectivity index (χ0v) is 13.3. The third kappa shape index (κ3) is 4.30. The summed E-state index contributed by atoms with van der Waals surface area (Å²) in [5.74, 6) is -0.573. The number of carbonyl (C=O) groups excluding carboxylic acids is 2. The number of aromatic nitrogens is 2. The SMILES string of the molecule is Cn1c(NC(=O)COC(=O)CC2CCCC2)cc(=O)n(C)c1=O. The second-order valence-corrected chi connectivity index (χ2v) is 5.83. The second-order valence-electron chi connectivity index (χ2n) is 5.83. The lowest BCUT2D eigenvalue weighted by Gasteiger charge is -2.11. The van der Waals surface area contributed by atoms with E-state index in [4.69, 9.17) is 4.74 Å². The minimum absolute atomic E-state index is 0.0648. The van der Waals surface area contributed by atoms with Crippen molar-refractivity contribution in [3.63, 3.8) is 0 Å². The van der Waals surface area contributed by atoms with Gasteiger partial charge in [-0.2, -0.15) is 0 Å². The third-order valence-electron chi connectivity index (χ3n) is 4.09. The molecule has 2 rings (SSSR count). The van der Waals surface area contributed by atoms with Crippen molar-refractivity contribution in [2.45, 2.75) is 32.1 Å². The molecular formula is C15H21N3O5. The van der Waals surface area contributed by atoms with Gasteiger partial charge in [0.25, 0.3) is 11.5 Å². The molecule has 126 valence electrons. The summed E-state index contributed by atoms with van der Waals surface area (Å²) in [4.78, 5) is 46.8. The summed E-state index contributed by atoms with van der Waals surface area (Å²) in [6, 6.07) is 1.14. The van der Waals surface area contributed by atoms with Crippen LogP contribution in [0.2, 0.25) is 0 Å². The lowest BCUT2D eigenvalue weighted by molar-refractivity contribution is -0.148. The number of anilines is 1. The van der Waals surface area contributed by atoms with Crippen molar-refractivity contribution >= 4 is 17.7 Å². The molecule has 0 radical (unpaired) electrons. The minimum atomic E-state index is -0.590. The van der Waals surface area contributed by atoms with Gasteiger partial charge >= 0.3 is 11.7 Å². The first-order chi connectivity index (χ1) is 10.9. The number of carbonyl (C=O) groups is 2. The molecular weight excluding hydrogens is 302 g/mol. The normalized spacial score (nSPS) is 14.7. The Morgan fingerprint density at radius 1 is 1.22 bits per heavy atom. The maximum atomic E-state index is 11.8. The molecule has 1 aliphatic rings. The van der Waals surface area contributed by atoms with E-state index >= 15 is 0 Å². The van der Waals surface area contributed by atoms with Crippen LogP contribution in [0.15, 0.2) is 15.7 Å². The van der Waals surface area contributed by atoms with Crippen molar-refractivity contribution in [3.8, 4) is 0 Å². The van der Waals surface area contributed by atoms with Gasteiger partial charge < -0.3 is 10.1 Å². The molecule has 1 aromatic heterocycles. The number of esters is 1. The fourth-order valence-corrected chi connectivity index (χ4v) is 2.69. The zero-order chi connectivity index (χ0) is 17.0. The molecule has 23 heavy (non-hydrogen) atoms. The molecule has 1 fully saturated rings. The quantitative estimate of drug-likeness (QED) is 0.777. The number of nitrogens with one attached hydrogen (secondary N) is 1. The molecule has 0 aromatic carbocycles. The van der Waals surface area contributed by atoms with E-state index in [1.54, 1.807) is 0 Å². The smallest absolute Gasteiger partial charge is 0.332 e. The number of ether oxygens (including phenoxy) is 1. The van der Waals surface area contributed by atoms with Crippen LogP contribution in [-0.4, -0.2) is 27.6 Å². The van der Waals surface area contributed by atoms with E-state index in [1.165, 1.54) is 14.1 Å². The van der Waals surface area contributed by atoms with Crippen LogP contribution in [0.5, 0.6) is 0 Å². The van der Waals surface area contributed by atoms with Crippen LogP contribution in [-0.2, 0) is 28.4 Å². The highest BCUT2D eigenvalue weighted by Gasteiger charge is 2.20. The van der Waals surface area contributed by atoms with Crippen molar-refractivity contribution in [1.29, 1.82) is 0 Å². The number of hydrogen-bond donors (Lipinski definition) is 1. The summed E-state index contributed by atoms with van der Waals surface area (Å²) in [6.07, 6.45) is 4.65. The predicted octanol–water partition coefficient (Wildman–Crippen LogP) is 0.146. The van der Waals surface area contributed by atoms with Crippen LogP contribution in [0, 0.1) is 5.92 Å². The molecule has 8 nitrogen and oxygen atoms in total. The molecule has 1 aromatic rings. The Morgan fingerprint density at radius 3 is 2.52 bits per heavy atom. The molecule has 1 N–H and O–H groups in total. The van der Waals surface area contributed by atoms with Crippen molar-refractivity contribution in [3.05, 3.63) is 26.9 Å². The van der Waals surface area contributed by atoms with Gasteiger partial charge in [-0.15, -0.1) is 0 Å². The maximum Gasteiger partial charge on any atom is 0.332 e. The van der Waals surface area contributed by atoms with E-state index in [0.29, 0.717) is 12.3 Å². The maximum absolute atomic E-state index is 11.8. The third-order valence-corrected chi connectivity index (χ3v) is 4.09. The van der Waals surface area contributed by atoms with E-state index < -0.39 is 29.7 Å². The highest BCUT2D eigenvalue weighted by molar-refractivity contribution is 5.92. The Balaban J connectivity index is 1.89. The summed E-state index contributed by atoms with van der Waals surface area (Å²) in [7, 11) is 2.78. The van der Waals surface area contributed by atoms with Gasteiger partial charge in [-0.1, -0.05) is 12.8 Å². The molecule has 0 spiro atoms. The van der Waals surface area contributed by atoms with Crippen molar-refractivity contribution in [1.82, 2.24) is 9.13 Å². The molecule has 1 amide bonds. The number of amides is 1. The molecule has 1 heterocycles. The van der Waals surface area contributed by atoms with Crippen LogP contribution >= 0.6 is 0 Å². The minimum Gasteiger partial charge on any atom is -0.456 e. The number of rotatable bonds is 5. The summed E-state index contributed by atoms with van der Waals surface area (Å²) < 4.78 is 7.01. The van der Waals surface area contributed by atoms with Crippen molar-refractivity contribution in [2.24, 2.45) is 20.0 Å². The van der Waals surface area contributed by atoms with Crippen molar-refractivity contribution < 1.29 is 14.3 Å². The monoisotopic (exact) mass is 323 g/mol. The Kier molecular flexibility index (Phi) is 5.36. The van der Waals surface area contributed by atoms with Gasteiger partial charge in [0.1, 0.15) is 5.82 Å². The van der Waals surface area contributed by atoms with E-state index in [2.05, 4.69) is 5.32 Å². The first-order valence-electron chi connectivity index (χ1n) is 7.61. The predicted molar refractivity (Wildman–Crippen MR) is 83.1 cm³/mol. The summed E-state index contributed by atoms with van der Waals surface area (Å²) in [5, 5.41) is 2.40. The summed E-state index contributed by atoms with van der Waals surface area (Å²) in [6.45, 7) is -0.436. The summed E-state index contributed by atoms with van der Waals surface area (Å²) in [5.41, 5.74) is -1.08. The summed E-state index contributed by atoms with van der Waals surface area (Å²) >= 11 is 0. The second kappa shape index (κ2) is 7.26. The van der Waals surface area contributed by atoms with Gasteiger partial charge in [0, 0.05) is 26.6 Å². The van der Waals surface area contributed by atoms with Crippen LogP contribution < -0.4 is 16.6 Å². The topological polar surface area (TPSA) is 99.4 Å². The van der Waals surface area contributed by atoms with Gasteiger partial charge in [-0.25, -0.2) is 4.79 Å². The number of hydrogen-bond acceptors (Lipinski definition) is 5. The standard InChI is InChI=1S/C15H21N3O5/c1-17-11(8-13(20)18(2)15(17)22)16-12(19)9-23-14(21)7-10-5-3-4-6-10/h8,10H,3-7,9H2,1-2H3,(H,16,19). The van der Waals surface area contributed by atoms with Gasteiger partial charge in [-0.05, 0) is 18.8 Å². The first-order valence-corrected chi connectivity index (χ1v) is 7.61. The molecule has 0 atom stereocenters. The average molecular weight is 323 g/mol. The molecule has 8 heteroatoms. The van der Waals surface area contributed by atoms with E-state index in [0.717, 1.165) is 40.9 Å². The van der Waals surface area contributed by atoms with E-state index in [9.17, 15) is 19.2 Å². The molecule has 0 unspecified atom stereocenters. The first kappa shape index (κ1) is 17.0. The molecule has 1 saturated carbocycles. The molecule has 1 aliphatic carbocycles. The lowest BCUT2D eigenvalue weighted by Crippen LogP contribution is -2.38. The van der Waals surface area contributed by atoms with E-state index in [-0.39, 0.29) is 5.82 Å². The van der Waals surface area contributed by atoms with Crippen LogP contribution in [0.4, 0.5) is 5.82 Å². The highest BCUT2D eigenvalue weighted by Crippen LogP contribution is 2.27. The average Bonchev–Trinajstić information content (AvgIpc) is 3.01. The fourth-order valence-electron chi connectivity index (χ4n) is 2.69. The fraction of sp³-hybridized carbons (Fsp3) is 0.600. The Hall–Kier alpha value is -2.38. The van der Waals surface area contributed by atoms with Gasteiger partial charge in [-0.3, -0.25) is 23.5 Å². The zero-order valence-electron chi connectivity index (χ0n) is 13.3. The van der Waals surface area contributed by atoms with Crippen LogP contribution in [0.3, 0.4) is 0 Å².